The molecular weight excluding hydrogens is 421 g/mol. The lowest BCUT2D eigenvalue weighted by atomic mass is 9.67. The highest BCUT2D eigenvalue weighted by atomic mass is 19.4. The number of aliphatic imine (C=N–C) groups is 1. The SMILES string of the molecule is COC1(C2(C(F)(F)F)Cc3cc(C(=O)O)ccc3C(N)=N2)C=CC=C(c2ccccc2)C1. The summed E-state index contributed by atoms with van der Waals surface area (Å²) in [5.41, 5.74) is 3.17. The highest BCUT2D eigenvalue weighted by molar-refractivity contribution is 6.01. The predicted molar refractivity (Wildman–Crippen MR) is 115 cm³/mol. The Balaban J connectivity index is 1.88. The average Bonchev–Trinajstić information content (AvgIpc) is 2.78. The van der Waals surface area contributed by atoms with Gasteiger partial charge in [0.15, 0.2) is 5.54 Å². The summed E-state index contributed by atoms with van der Waals surface area (Å²) in [6.07, 6.45) is -0.868. The van der Waals surface area contributed by atoms with Crippen molar-refractivity contribution in [3.05, 3.63) is 89.0 Å². The van der Waals surface area contributed by atoms with Gasteiger partial charge in [0.05, 0.1) is 5.56 Å². The first-order valence-corrected chi connectivity index (χ1v) is 9.90. The number of aromatic carboxylic acids is 1. The first-order valence-electron chi connectivity index (χ1n) is 9.90. The molecule has 0 saturated carbocycles. The summed E-state index contributed by atoms with van der Waals surface area (Å²) in [5, 5.41) is 9.32. The topological polar surface area (TPSA) is 84.9 Å². The summed E-state index contributed by atoms with van der Waals surface area (Å²) in [7, 11) is 1.22. The number of methoxy groups -OCH3 is 1. The Morgan fingerprint density at radius 1 is 1.16 bits per heavy atom. The molecule has 1 heterocycles. The predicted octanol–water partition coefficient (Wildman–Crippen LogP) is 4.38. The molecule has 32 heavy (non-hydrogen) atoms. The van der Waals surface area contributed by atoms with E-state index in [-0.39, 0.29) is 23.4 Å². The number of carboxylic acid groups (broad SMARTS) is 1. The number of benzene rings is 2. The van der Waals surface area contributed by atoms with E-state index in [9.17, 15) is 23.1 Å². The molecule has 2 atom stereocenters. The summed E-state index contributed by atoms with van der Waals surface area (Å²) < 4.78 is 50.2. The van der Waals surface area contributed by atoms with Crippen LogP contribution in [0.5, 0.6) is 0 Å². The molecular formula is C24H21F3N2O3. The van der Waals surface area contributed by atoms with Gasteiger partial charge in [-0.3, -0.25) is 0 Å². The fourth-order valence-corrected chi connectivity index (χ4v) is 4.52. The molecule has 0 bridgehead atoms. The third kappa shape index (κ3) is 3.31. The highest BCUT2D eigenvalue weighted by Gasteiger charge is 2.68. The van der Waals surface area contributed by atoms with Crippen molar-refractivity contribution in [2.45, 2.75) is 30.2 Å². The number of hydrogen-bond acceptors (Lipinski definition) is 4. The van der Waals surface area contributed by atoms with Crippen LogP contribution >= 0.6 is 0 Å². The molecule has 166 valence electrons. The van der Waals surface area contributed by atoms with Crippen LogP contribution in [-0.2, 0) is 11.2 Å². The van der Waals surface area contributed by atoms with Gasteiger partial charge in [0.2, 0.25) is 0 Å². The van der Waals surface area contributed by atoms with Crippen LogP contribution < -0.4 is 5.73 Å². The van der Waals surface area contributed by atoms with Crippen molar-refractivity contribution in [2.24, 2.45) is 10.7 Å². The molecule has 2 aromatic carbocycles. The van der Waals surface area contributed by atoms with Crippen LogP contribution in [0, 0.1) is 0 Å². The number of ether oxygens (including phenoxy) is 1. The van der Waals surface area contributed by atoms with Gasteiger partial charge in [-0.2, -0.15) is 13.2 Å². The standard InChI is InChI=1S/C24H21F3N2O3/c1-32-22(11-5-8-17(13-22)15-6-3-2-4-7-15)23(24(25,26)27)14-18-12-16(21(30)31)9-10-19(18)20(28)29-23/h2-12H,13-14H2,1H3,(H2,28,29)(H,30,31). The second-order valence-corrected chi connectivity index (χ2v) is 7.90. The maximum absolute atomic E-state index is 14.9. The number of carboxylic acids is 1. The van der Waals surface area contributed by atoms with E-state index in [2.05, 4.69) is 4.99 Å². The molecule has 3 N–H and O–H groups in total. The number of amidine groups is 1. The van der Waals surface area contributed by atoms with Crippen molar-refractivity contribution < 1.29 is 27.8 Å². The van der Waals surface area contributed by atoms with E-state index < -0.39 is 29.7 Å². The number of fused-ring (bicyclic) bond motifs is 1. The maximum atomic E-state index is 14.9. The van der Waals surface area contributed by atoms with E-state index in [1.165, 1.54) is 37.5 Å². The fourth-order valence-electron chi connectivity index (χ4n) is 4.52. The normalized spacial score (nSPS) is 25.0. The van der Waals surface area contributed by atoms with Crippen LogP contribution in [0.15, 0.2) is 71.8 Å². The lowest BCUT2D eigenvalue weighted by Gasteiger charge is -2.49. The van der Waals surface area contributed by atoms with Gasteiger partial charge in [0.25, 0.3) is 0 Å². The Morgan fingerprint density at radius 2 is 1.88 bits per heavy atom. The van der Waals surface area contributed by atoms with Crippen molar-refractivity contribution in [1.82, 2.24) is 0 Å². The number of alkyl halides is 3. The maximum Gasteiger partial charge on any atom is 0.417 e. The molecule has 0 amide bonds. The zero-order valence-electron chi connectivity index (χ0n) is 17.2. The Kier molecular flexibility index (Phi) is 5.21. The highest BCUT2D eigenvalue weighted by Crippen LogP contribution is 2.53. The molecule has 5 nitrogen and oxygen atoms in total. The Labute approximate surface area is 182 Å². The van der Waals surface area contributed by atoms with Crippen molar-refractivity contribution in [3.8, 4) is 0 Å². The van der Waals surface area contributed by atoms with Crippen molar-refractivity contribution in [1.29, 1.82) is 0 Å². The molecule has 2 aromatic rings. The molecule has 2 aliphatic rings. The van der Waals surface area contributed by atoms with Gasteiger partial charge in [0, 0.05) is 25.5 Å². The van der Waals surface area contributed by atoms with E-state index in [0.717, 1.165) is 5.56 Å². The lowest BCUT2D eigenvalue weighted by molar-refractivity contribution is -0.233. The smallest absolute Gasteiger partial charge is 0.417 e. The summed E-state index contributed by atoms with van der Waals surface area (Å²) >= 11 is 0. The van der Waals surface area contributed by atoms with Crippen LogP contribution in [0.4, 0.5) is 13.2 Å². The number of rotatable bonds is 4. The van der Waals surface area contributed by atoms with Crippen LogP contribution in [0.25, 0.3) is 5.57 Å². The van der Waals surface area contributed by atoms with Crippen LogP contribution in [0.3, 0.4) is 0 Å². The monoisotopic (exact) mass is 442 g/mol. The Hall–Kier alpha value is -3.39. The second-order valence-electron chi connectivity index (χ2n) is 7.90. The van der Waals surface area contributed by atoms with Crippen LogP contribution in [-0.4, -0.2) is 41.3 Å². The molecule has 8 heteroatoms. The van der Waals surface area contributed by atoms with E-state index >= 15 is 0 Å². The van der Waals surface area contributed by atoms with Crippen molar-refractivity contribution >= 4 is 17.4 Å². The number of halogens is 3. The Morgan fingerprint density at radius 3 is 2.50 bits per heavy atom. The van der Waals surface area contributed by atoms with Crippen molar-refractivity contribution in [2.75, 3.05) is 7.11 Å². The number of nitrogens with two attached hydrogens (primary N) is 1. The van der Waals surface area contributed by atoms with Gasteiger partial charge in [-0.25, -0.2) is 9.79 Å². The third-order valence-corrected chi connectivity index (χ3v) is 6.18. The molecule has 1 aliphatic carbocycles. The fraction of sp³-hybridized carbons (Fsp3) is 0.250. The molecule has 0 radical (unpaired) electrons. The third-order valence-electron chi connectivity index (χ3n) is 6.18. The van der Waals surface area contributed by atoms with Crippen LogP contribution in [0.1, 0.15) is 33.5 Å². The van der Waals surface area contributed by atoms with Gasteiger partial charge in [0.1, 0.15) is 11.4 Å². The minimum atomic E-state index is -4.84. The van der Waals surface area contributed by atoms with Gasteiger partial charge < -0.3 is 15.6 Å². The second kappa shape index (κ2) is 7.63. The number of hydrogen-bond donors (Lipinski definition) is 2. The largest absolute Gasteiger partial charge is 0.478 e. The average molecular weight is 442 g/mol. The quantitative estimate of drug-likeness (QED) is 0.736. The van der Waals surface area contributed by atoms with Gasteiger partial charge in [-0.1, -0.05) is 48.6 Å². The van der Waals surface area contributed by atoms with Gasteiger partial charge in [-0.15, -0.1) is 0 Å². The van der Waals surface area contributed by atoms with Gasteiger partial charge in [-0.05, 0) is 34.9 Å². The molecule has 4 rings (SSSR count). The van der Waals surface area contributed by atoms with Crippen LogP contribution in [0.2, 0.25) is 0 Å². The zero-order chi connectivity index (χ0) is 23.1. The van der Waals surface area contributed by atoms with Crippen molar-refractivity contribution in [3.63, 3.8) is 0 Å². The minimum Gasteiger partial charge on any atom is -0.478 e. The summed E-state index contributed by atoms with van der Waals surface area (Å²) in [6, 6.07) is 13.0. The molecule has 0 spiro atoms. The van der Waals surface area contributed by atoms with E-state index in [4.69, 9.17) is 10.5 Å². The number of nitrogens with zero attached hydrogens (tertiary/aromatic N) is 1. The lowest BCUT2D eigenvalue weighted by Crippen LogP contribution is -2.65. The number of allylic oxidation sites excluding steroid dienone is 2. The minimum absolute atomic E-state index is 0.0890. The summed E-state index contributed by atoms with van der Waals surface area (Å²) in [6.45, 7) is 0. The molecule has 0 fully saturated rings. The van der Waals surface area contributed by atoms with E-state index in [0.29, 0.717) is 11.1 Å². The van der Waals surface area contributed by atoms with E-state index in [1.54, 1.807) is 6.08 Å². The van der Waals surface area contributed by atoms with E-state index in [1.807, 2.05) is 30.3 Å². The molecule has 1 aliphatic heterocycles. The Bertz CT molecular complexity index is 1150. The zero-order valence-corrected chi connectivity index (χ0v) is 17.2. The molecule has 0 aromatic heterocycles. The molecule has 2 unspecified atom stereocenters. The number of carbonyl (C=O) groups is 1. The summed E-state index contributed by atoms with van der Waals surface area (Å²) in [4.78, 5) is 15.4. The first-order chi connectivity index (χ1) is 15.1. The summed E-state index contributed by atoms with van der Waals surface area (Å²) in [5.74, 6) is -1.54. The first kappa shape index (κ1) is 21.8. The van der Waals surface area contributed by atoms with Gasteiger partial charge >= 0.3 is 12.1 Å². The molecule has 0 saturated heterocycles.